The number of aromatic nitrogens is 1. The summed E-state index contributed by atoms with van der Waals surface area (Å²) < 4.78 is 0. The van der Waals surface area contributed by atoms with Crippen LogP contribution in [0.4, 0.5) is 0 Å². The molecule has 1 aliphatic rings. The number of piperazine rings is 1. The second-order valence-electron chi connectivity index (χ2n) is 7.05. The van der Waals surface area contributed by atoms with Crippen molar-refractivity contribution in [2.75, 3.05) is 39.8 Å². The molecule has 1 aromatic carbocycles. The summed E-state index contributed by atoms with van der Waals surface area (Å²) >= 11 is 0. The molecule has 2 heterocycles. The zero-order valence-corrected chi connectivity index (χ0v) is 17.4. The number of rotatable bonds is 6. The minimum absolute atomic E-state index is 0.101. The normalized spacial score (nSPS) is 15.0. The van der Waals surface area contributed by atoms with Crippen molar-refractivity contribution in [3.8, 4) is 6.07 Å². The highest BCUT2D eigenvalue weighted by Crippen LogP contribution is 2.20. The van der Waals surface area contributed by atoms with E-state index in [-0.39, 0.29) is 11.9 Å². The molecular formula is C23H31N5O. The highest BCUT2D eigenvalue weighted by atomic mass is 16.2. The van der Waals surface area contributed by atoms with Crippen LogP contribution in [0.25, 0.3) is 0 Å². The van der Waals surface area contributed by atoms with E-state index >= 15 is 0 Å². The zero-order chi connectivity index (χ0) is 20.9. The summed E-state index contributed by atoms with van der Waals surface area (Å²) in [5.74, 6) is 0.101. The van der Waals surface area contributed by atoms with Gasteiger partial charge in [0.2, 0.25) is 5.91 Å². The number of hydrogen-bond acceptors (Lipinski definition) is 5. The summed E-state index contributed by atoms with van der Waals surface area (Å²) in [5, 5.41) is 12.4. The molecule has 1 fully saturated rings. The van der Waals surface area contributed by atoms with E-state index in [1.165, 1.54) is 18.4 Å². The van der Waals surface area contributed by atoms with Gasteiger partial charge in [0.25, 0.3) is 0 Å². The number of nitrogens with one attached hydrogen (secondary N) is 1. The number of nitrogens with zero attached hydrogens (tertiary/aromatic N) is 4. The number of hydrogen-bond donors (Lipinski definition) is 1. The monoisotopic (exact) mass is 393 g/mol. The van der Waals surface area contributed by atoms with Crippen LogP contribution in [0.15, 0.2) is 54.9 Å². The van der Waals surface area contributed by atoms with Gasteiger partial charge in [0, 0.05) is 51.1 Å². The van der Waals surface area contributed by atoms with Crippen LogP contribution >= 0.6 is 0 Å². The maximum atomic E-state index is 11.2. The van der Waals surface area contributed by atoms with E-state index in [1.54, 1.807) is 19.3 Å². The first-order valence-corrected chi connectivity index (χ1v) is 10.1. The number of aryl methyl sites for hydroxylation is 1. The summed E-state index contributed by atoms with van der Waals surface area (Å²) in [5.41, 5.74) is 2.35. The van der Waals surface area contributed by atoms with Crippen LogP contribution in [-0.4, -0.2) is 60.5 Å². The molecule has 1 aromatic heterocycles. The molecule has 6 heteroatoms. The van der Waals surface area contributed by atoms with Gasteiger partial charge in [0.1, 0.15) is 6.04 Å². The first-order chi connectivity index (χ1) is 14.2. The molecule has 1 amide bonds. The van der Waals surface area contributed by atoms with Crippen molar-refractivity contribution >= 4 is 5.91 Å². The lowest BCUT2D eigenvalue weighted by molar-refractivity contribution is -0.130. The molecule has 0 spiro atoms. The molecule has 0 aliphatic carbocycles. The van der Waals surface area contributed by atoms with Crippen molar-refractivity contribution in [1.29, 1.82) is 5.26 Å². The van der Waals surface area contributed by atoms with Crippen molar-refractivity contribution in [2.45, 2.75) is 25.8 Å². The molecule has 0 radical (unpaired) electrons. The molecule has 1 atom stereocenters. The lowest BCUT2D eigenvalue weighted by atomic mass is 10.1. The smallest absolute Gasteiger partial charge is 0.219 e. The third kappa shape index (κ3) is 7.65. The van der Waals surface area contributed by atoms with Gasteiger partial charge in [-0.3, -0.25) is 14.7 Å². The molecular weight excluding hydrogens is 362 g/mol. The van der Waals surface area contributed by atoms with E-state index in [0.29, 0.717) is 13.1 Å². The van der Waals surface area contributed by atoms with Gasteiger partial charge >= 0.3 is 0 Å². The third-order valence-electron chi connectivity index (χ3n) is 4.98. The number of amides is 1. The first kappa shape index (κ1) is 22.5. The second-order valence-corrected chi connectivity index (χ2v) is 7.05. The summed E-state index contributed by atoms with van der Waals surface area (Å²) in [6.45, 7) is 5.52. The maximum absolute atomic E-state index is 11.2. The fraction of sp³-hybridized carbons (Fsp3) is 0.435. The number of pyridine rings is 1. The van der Waals surface area contributed by atoms with Crippen LogP contribution in [0, 0.1) is 11.3 Å². The molecule has 29 heavy (non-hydrogen) atoms. The molecule has 0 saturated carbocycles. The Balaban J connectivity index is 0.000000234. The summed E-state index contributed by atoms with van der Waals surface area (Å²) in [7, 11) is 1.99. The predicted octanol–water partition coefficient (Wildman–Crippen LogP) is 2.65. The number of benzene rings is 1. The van der Waals surface area contributed by atoms with Gasteiger partial charge in [-0.1, -0.05) is 36.4 Å². The van der Waals surface area contributed by atoms with Crippen molar-refractivity contribution < 1.29 is 4.79 Å². The summed E-state index contributed by atoms with van der Waals surface area (Å²) in [6.07, 6.45) is 5.83. The number of nitriles is 1. The van der Waals surface area contributed by atoms with E-state index in [2.05, 4.69) is 51.6 Å². The predicted molar refractivity (Wildman–Crippen MR) is 115 cm³/mol. The third-order valence-corrected chi connectivity index (χ3v) is 4.98. The Morgan fingerprint density at radius 3 is 2.45 bits per heavy atom. The van der Waals surface area contributed by atoms with E-state index in [4.69, 9.17) is 0 Å². The van der Waals surface area contributed by atoms with Gasteiger partial charge in [-0.2, -0.15) is 5.26 Å². The van der Waals surface area contributed by atoms with Gasteiger partial charge in [-0.15, -0.1) is 0 Å². The maximum Gasteiger partial charge on any atom is 0.219 e. The standard InChI is InChI=1S/C13H16N4O.C10H15N/c1-11(18)16-5-7-17(8-6-16)13(9-14)12-3-2-4-15-10-12;1-11-9-5-8-10-6-3-2-4-7-10/h2-4,10,13H,5-8H2,1H3;2-4,6-7,11H,5,8-9H2,1H3. The van der Waals surface area contributed by atoms with E-state index in [1.807, 2.05) is 24.1 Å². The largest absolute Gasteiger partial charge is 0.340 e. The lowest BCUT2D eigenvalue weighted by Crippen LogP contribution is -2.48. The second kappa shape index (κ2) is 12.7. The Morgan fingerprint density at radius 2 is 1.90 bits per heavy atom. The van der Waals surface area contributed by atoms with Crippen molar-refractivity contribution in [2.24, 2.45) is 0 Å². The summed E-state index contributed by atoms with van der Waals surface area (Å²) in [4.78, 5) is 19.2. The van der Waals surface area contributed by atoms with Crippen molar-refractivity contribution in [3.05, 3.63) is 66.0 Å². The van der Waals surface area contributed by atoms with Gasteiger partial charge in [-0.25, -0.2) is 0 Å². The summed E-state index contributed by atoms with van der Waals surface area (Å²) in [6, 6.07) is 16.4. The highest BCUT2D eigenvalue weighted by Gasteiger charge is 2.25. The Bertz CT molecular complexity index is 752. The molecule has 1 N–H and O–H groups in total. The average Bonchev–Trinajstić information content (AvgIpc) is 2.77. The van der Waals surface area contributed by atoms with Gasteiger partial charge in [0.15, 0.2) is 0 Å². The Hall–Kier alpha value is -2.75. The molecule has 1 unspecified atom stereocenters. The van der Waals surface area contributed by atoms with Gasteiger partial charge < -0.3 is 10.2 Å². The van der Waals surface area contributed by atoms with Crippen LogP contribution in [-0.2, 0) is 11.2 Å². The highest BCUT2D eigenvalue weighted by molar-refractivity contribution is 5.73. The Labute approximate surface area is 174 Å². The topological polar surface area (TPSA) is 72.3 Å². The fourth-order valence-electron chi connectivity index (χ4n) is 3.31. The SMILES string of the molecule is CC(=O)N1CCN(C(C#N)c2cccnc2)CC1.CNCCCc1ccccc1. The number of carbonyl (C=O) groups is 1. The fourth-order valence-corrected chi connectivity index (χ4v) is 3.31. The van der Waals surface area contributed by atoms with Crippen LogP contribution in [0.3, 0.4) is 0 Å². The lowest BCUT2D eigenvalue weighted by Gasteiger charge is -2.36. The molecule has 3 rings (SSSR count). The molecule has 2 aromatic rings. The first-order valence-electron chi connectivity index (χ1n) is 10.1. The minimum Gasteiger partial charge on any atom is -0.340 e. The van der Waals surface area contributed by atoms with E-state index in [0.717, 1.165) is 25.2 Å². The minimum atomic E-state index is -0.271. The van der Waals surface area contributed by atoms with E-state index in [9.17, 15) is 10.1 Å². The Morgan fingerprint density at radius 1 is 1.17 bits per heavy atom. The molecule has 154 valence electrons. The zero-order valence-electron chi connectivity index (χ0n) is 17.4. The number of carbonyl (C=O) groups excluding carboxylic acids is 1. The molecule has 1 saturated heterocycles. The van der Waals surface area contributed by atoms with Crippen LogP contribution < -0.4 is 5.32 Å². The van der Waals surface area contributed by atoms with Gasteiger partial charge in [0.05, 0.1) is 6.07 Å². The van der Waals surface area contributed by atoms with Crippen LogP contribution in [0.1, 0.15) is 30.5 Å². The molecule has 0 bridgehead atoms. The molecule has 1 aliphatic heterocycles. The van der Waals surface area contributed by atoms with Crippen molar-refractivity contribution in [3.63, 3.8) is 0 Å². The van der Waals surface area contributed by atoms with Gasteiger partial charge in [-0.05, 0) is 38.1 Å². The average molecular weight is 394 g/mol. The molecule has 6 nitrogen and oxygen atoms in total. The van der Waals surface area contributed by atoms with Crippen LogP contribution in [0.2, 0.25) is 0 Å². The van der Waals surface area contributed by atoms with Crippen LogP contribution in [0.5, 0.6) is 0 Å². The quantitative estimate of drug-likeness (QED) is 0.764. The van der Waals surface area contributed by atoms with E-state index < -0.39 is 0 Å². The Kier molecular flexibility index (Phi) is 9.84. The van der Waals surface area contributed by atoms with Crippen molar-refractivity contribution in [1.82, 2.24) is 20.1 Å².